The summed E-state index contributed by atoms with van der Waals surface area (Å²) in [6, 6.07) is 9.80. The predicted molar refractivity (Wildman–Crippen MR) is 79.0 cm³/mol. The Bertz CT molecular complexity index is 495. The lowest BCUT2D eigenvalue weighted by molar-refractivity contribution is 0.120. The van der Waals surface area contributed by atoms with Gasteiger partial charge in [-0.25, -0.2) is 0 Å². The smallest absolute Gasteiger partial charge is 0.230 e. The molecule has 0 N–H and O–H groups in total. The van der Waals surface area contributed by atoms with Gasteiger partial charge in [0.15, 0.2) is 0 Å². The lowest BCUT2D eigenvalue weighted by Gasteiger charge is -2.09. The Morgan fingerprint density at radius 2 is 0.895 bits per heavy atom. The van der Waals surface area contributed by atoms with E-state index in [-0.39, 0.29) is 6.79 Å². The highest BCUT2D eigenvalue weighted by atomic mass is 35.5. The SMILES string of the molecule is Clc1cc(Cl)cc(OCOc2cc(Cl)cc(Cl)c2)c1. The standard InChI is InChI=1S/C13H8Cl4O2/c14-8-1-9(15)4-12(3-8)18-7-19-13-5-10(16)2-11(17)6-13/h1-6H,7H2. The number of ether oxygens (including phenoxy) is 2. The van der Waals surface area contributed by atoms with Gasteiger partial charge in [0, 0.05) is 20.1 Å². The molecule has 2 aromatic rings. The third kappa shape index (κ3) is 4.66. The van der Waals surface area contributed by atoms with Crippen molar-refractivity contribution < 1.29 is 9.47 Å². The largest absolute Gasteiger partial charge is 0.457 e. The fourth-order valence-electron chi connectivity index (χ4n) is 1.39. The van der Waals surface area contributed by atoms with Crippen molar-refractivity contribution in [1.82, 2.24) is 0 Å². The highest BCUT2D eigenvalue weighted by Gasteiger charge is 2.02. The minimum Gasteiger partial charge on any atom is -0.457 e. The fraction of sp³-hybridized carbons (Fsp3) is 0.0769. The maximum absolute atomic E-state index is 5.85. The third-order valence-electron chi connectivity index (χ3n) is 2.12. The van der Waals surface area contributed by atoms with Crippen LogP contribution in [0.3, 0.4) is 0 Å². The second-order valence-electron chi connectivity index (χ2n) is 3.62. The first kappa shape index (κ1) is 14.6. The number of benzene rings is 2. The van der Waals surface area contributed by atoms with E-state index < -0.39 is 0 Å². The second-order valence-corrected chi connectivity index (χ2v) is 5.36. The van der Waals surface area contributed by atoms with E-state index in [4.69, 9.17) is 55.9 Å². The number of hydrogen-bond acceptors (Lipinski definition) is 2. The summed E-state index contributed by atoms with van der Waals surface area (Å²) < 4.78 is 10.7. The van der Waals surface area contributed by atoms with Crippen LogP contribution in [0.5, 0.6) is 11.5 Å². The van der Waals surface area contributed by atoms with Crippen molar-refractivity contribution in [3.05, 3.63) is 56.5 Å². The molecule has 6 heteroatoms. The molecule has 2 aromatic carbocycles. The number of rotatable bonds is 4. The van der Waals surface area contributed by atoms with Crippen LogP contribution in [0, 0.1) is 0 Å². The van der Waals surface area contributed by atoms with Gasteiger partial charge in [0.25, 0.3) is 0 Å². The molecule has 0 saturated carbocycles. The average Bonchev–Trinajstić information content (AvgIpc) is 2.26. The van der Waals surface area contributed by atoms with E-state index in [2.05, 4.69) is 0 Å². The van der Waals surface area contributed by atoms with Crippen LogP contribution in [0.25, 0.3) is 0 Å². The van der Waals surface area contributed by atoms with Crippen LogP contribution in [0.2, 0.25) is 20.1 Å². The molecule has 0 atom stereocenters. The zero-order valence-corrected chi connectivity index (χ0v) is 12.5. The normalized spacial score (nSPS) is 10.3. The molecule has 0 spiro atoms. The minimum absolute atomic E-state index is 0.00660. The van der Waals surface area contributed by atoms with Gasteiger partial charge < -0.3 is 9.47 Å². The maximum Gasteiger partial charge on any atom is 0.230 e. The minimum atomic E-state index is -0.00660. The van der Waals surface area contributed by atoms with E-state index in [1.165, 1.54) is 0 Å². The highest BCUT2D eigenvalue weighted by molar-refractivity contribution is 6.35. The molecule has 0 aliphatic rings. The van der Waals surface area contributed by atoms with Crippen molar-refractivity contribution in [2.45, 2.75) is 0 Å². The van der Waals surface area contributed by atoms with Crippen molar-refractivity contribution in [2.75, 3.05) is 6.79 Å². The Balaban J connectivity index is 1.96. The van der Waals surface area contributed by atoms with Gasteiger partial charge in [-0.15, -0.1) is 0 Å². The Kier molecular flexibility index (Phi) is 5.06. The summed E-state index contributed by atoms with van der Waals surface area (Å²) in [6.07, 6.45) is 0. The molecule has 0 radical (unpaired) electrons. The molecule has 0 amide bonds. The average molecular weight is 338 g/mol. The van der Waals surface area contributed by atoms with Gasteiger partial charge in [-0.05, 0) is 36.4 Å². The van der Waals surface area contributed by atoms with E-state index in [1.54, 1.807) is 36.4 Å². The molecular weight excluding hydrogens is 330 g/mol. The van der Waals surface area contributed by atoms with Gasteiger partial charge in [-0.3, -0.25) is 0 Å². The molecule has 2 rings (SSSR count). The Morgan fingerprint density at radius 3 is 1.21 bits per heavy atom. The summed E-state index contributed by atoms with van der Waals surface area (Å²) in [4.78, 5) is 0. The van der Waals surface area contributed by atoms with Gasteiger partial charge in [-0.2, -0.15) is 0 Å². The van der Waals surface area contributed by atoms with E-state index in [0.29, 0.717) is 31.6 Å². The maximum atomic E-state index is 5.85. The summed E-state index contributed by atoms with van der Waals surface area (Å²) in [7, 11) is 0. The molecule has 100 valence electrons. The zero-order chi connectivity index (χ0) is 13.8. The van der Waals surface area contributed by atoms with Crippen molar-refractivity contribution in [2.24, 2.45) is 0 Å². The van der Waals surface area contributed by atoms with Crippen molar-refractivity contribution >= 4 is 46.4 Å². The quantitative estimate of drug-likeness (QED) is 0.664. The van der Waals surface area contributed by atoms with Gasteiger partial charge >= 0.3 is 0 Å². The van der Waals surface area contributed by atoms with E-state index in [0.717, 1.165) is 0 Å². The third-order valence-corrected chi connectivity index (χ3v) is 3.00. The molecule has 2 nitrogen and oxygen atoms in total. The molecule has 0 fully saturated rings. The molecule has 0 bridgehead atoms. The first-order chi connectivity index (χ1) is 9.02. The topological polar surface area (TPSA) is 18.5 Å². The summed E-state index contributed by atoms with van der Waals surface area (Å²) in [5.41, 5.74) is 0. The molecule has 0 saturated heterocycles. The van der Waals surface area contributed by atoms with Crippen LogP contribution < -0.4 is 9.47 Å². The summed E-state index contributed by atoms with van der Waals surface area (Å²) in [5, 5.41) is 1.98. The lowest BCUT2D eigenvalue weighted by atomic mass is 10.3. The molecule has 0 heterocycles. The lowest BCUT2D eigenvalue weighted by Crippen LogP contribution is -2.05. The second kappa shape index (κ2) is 6.58. The molecule has 0 unspecified atom stereocenters. The van der Waals surface area contributed by atoms with Crippen molar-refractivity contribution in [3.63, 3.8) is 0 Å². The molecule has 19 heavy (non-hydrogen) atoms. The molecule has 0 aliphatic carbocycles. The monoisotopic (exact) mass is 336 g/mol. The Hall–Kier alpha value is -0.800. The van der Waals surface area contributed by atoms with Gasteiger partial charge in [0.2, 0.25) is 6.79 Å². The first-order valence-electron chi connectivity index (χ1n) is 5.21. The van der Waals surface area contributed by atoms with Gasteiger partial charge in [0.05, 0.1) is 0 Å². The zero-order valence-electron chi connectivity index (χ0n) is 9.50. The summed E-state index contributed by atoms with van der Waals surface area (Å²) in [6.45, 7) is -0.00660. The van der Waals surface area contributed by atoms with E-state index in [9.17, 15) is 0 Å². The number of halogens is 4. The summed E-state index contributed by atoms with van der Waals surface area (Å²) in [5.74, 6) is 1.04. The van der Waals surface area contributed by atoms with Gasteiger partial charge in [-0.1, -0.05) is 46.4 Å². The van der Waals surface area contributed by atoms with Crippen LogP contribution in [0.1, 0.15) is 0 Å². The molecule has 0 aliphatic heterocycles. The molecular formula is C13H8Cl4O2. The van der Waals surface area contributed by atoms with Crippen LogP contribution in [-0.2, 0) is 0 Å². The van der Waals surface area contributed by atoms with E-state index in [1.807, 2.05) is 0 Å². The van der Waals surface area contributed by atoms with Gasteiger partial charge in [0.1, 0.15) is 11.5 Å². The van der Waals surface area contributed by atoms with E-state index >= 15 is 0 Å². The first-order valence-corrected chi connectivity index (χ1v) is 6.72. The Morgan fingerprint density at radius 1 is 0.579 bits per heavy atom. The Labute approximate surface area is 130 Å². The van der Waals surface area contributed by atoms with Crippen LogP contribution in [0.15, 0.2) is 36.4 Å². The molecule has 0 aromatic heterocycles. The highest BCUT2D eigenvalue weighted by Crippen LogP contribution is 2.26. The van der Waals surface area contributed by atoms with Crippen LogP contribution in [0.4, 0.5) is 0 Å². The van der Waals surface area contributed by atoms with Crippen LogP contribution >= 0.6 is 46.4 Å². The predicted octanol–water partition coefficient (Wildman–Crippen LogP) is 5.72. The fourth-order valence-corrected chi connectivity index (χ4v) is 2.40. The van der Waals surface area contributed by atoms with Crippen LogP contribution in [-0.4, -0.2) is 6.79 Å². The van der Waals surface area contributed by atoms with Crippen molar-refractivity contribution in [1.29, 1.82) is 0 Å². The summed E-state index contributed by atoms with van der Waals surface area (Å²) >= 11 is 23.4. The van der Waals surface area contributed by atoms with Crippen molar-refractivity contribution in [3.8, 4) is 11.5 Å². The number of hydrogen-bond donors (Lipinski definition) is 0.